The lowest BCUT2D eigenvalue weighted by molar-refractivity contribution is 0.219. The van der Waals surface area contributed by atoms with Gasteiger partial charge in [0.05, 0.1) is 0 Å². The molecule has 1 aromatic rings. The Bertz CT molecular complexity index is 761. The van der Waals surface area contributed by atoms with Crippen LogP contribution in [0.25, 0.3) is 0 Å². The van der Waals surface area contributed by atoms with Gasteiger partial charge in [-0.1, -0.05) is 89.0 Å². The van der Waals surface area contributed by atoms with Gasteiger partial charge < -0.3 is 0 Å². The Morgan fingerprint density at radius 3 is 1.88 bits per heavy atom. The van der Waals surface area contributed by atoms with Crippen molar-refractivity contribution in [2.24, 2.45) is 23.7 Å². The second-order valence-corrected chi connectivity index (χ2v) is 10.1. The maximum atomic E-state index is 13.2. The molecule has 0 spiro atoms. The summed E-state index contributed by atoms with van der Waals surface area (Å²) < 4.78 is 39.5. The van der Waals surface area contributed by atoms with E-state index in [2.05, 4.69) is 24.8 Å². The normalized spacial score (nSPS) is 26.1. The minimum atomic E-state index is -1.45. The van der Waals surface area contributed by atoms with Crippen LogP contribution >= 0.6 is 0 Å². The highest BCUT2D eigenvalue weighted by molar-refractivity contribution is 5.37. The fourth-order valence-electron chi connectivity index (χ4n) is 5.57. The summed E-state index contributed by atoms with van der Waals surface area (Å²) in [6.07, 6.45) is 23.2. The zero-order valence-corrected chi connectivity index (χ0v) is 19.7. The van der Waals surface area contributed by atoms with Crippen molar-refractivity contribution in [3.05, 3.63) is 47.3 Å². The third-order valence-electron chi connectivity index (χ3n) is 7.71. The Morgan fingerprint density at radius 2 is 1.31 bits per heavy atom. The van der Waals surface area contributed by atoms with Gasteiger partial charge in [-0.25, -0.2) is 13.2 Å². The van der Waals surface area contributed by atoms with Gasteiger partial charge in [-0.3, -0.25) is 0 Å². The van der Waals surface area contributed by atoms with Gasteiger partial charge in [0.2, 0.25) is 0 Å². The number of hydrogen-bond donors (Lipinski definition) is 0. The number of benzene rings is 1. The summed E-state index contributed by atoms with van der Waals surface area (Å²) in [5.74, 6) is 5.07. The molecule has 0 nitrogen and oxygen atoms in total. The average Bonchev–Trinajstić information content (AvgIpc) is 2.80. The largest absolute Gasteiger partial charge is 0.204 e. The van der Waals surface area contributed by atoms with E-state index in [-0.39, 0.29) is 5.56 Å². The lowest BCUT2D eigenvalue weighted by Gasteiger charge is -2.31. The summed E-state index contributed by atoms with van der Waals surface area (Å²) in [7, 11) is 0. The van der Waals surface area contributed by atoms with E-state index in [1.807, 2.05) is 0 Å². The van der Waals surface area contributed by atoms with E-state index >= 15 is 0 Å². The molecule has 0 aliphatic heterocycles. The molecule has 2 aliphatic carbocycles. The molecule has 0 N–H and O–H groups in total. The molecule has 2 fully saturated rings. The molecular weight excluding hydrogens is 405 g/mol. The lowest BCUT2D eigenvalue weighted by atomic mass is 9.75. The van der Waals surface area contributed by atoms with Gasteiger partial charge in [0, 0.05) is 5.56 Å². The predicted molar refractivity (Wildman–Crippen MR) is 127 cm³/mol. The van der Waals surface area contributed by atoms with Crippen LogP contribution in [0.15, 0.2) is 24.3 Å². The van der Waals surface area contributed by atoms with Gasteiger partial charge in [0.1, 0.15) is 0 Å². The average molecular weight is 445 g/mol. The first-order valence-corrected chi connectivity index (χ1v) is 12.9. The monoisotopic (exact) mass is 444 g/mol. The van der Waals surface area contributed by atoms with Gasteiger partial charge in [0.15, 0.2) is 17.5 Å². The molecule has 3 heteroatoms. The summed E-state index contributed by atoms with van der Waals surface area (Å²) in [4.78, 5) is 0. The maximum Gasteiger partial charge on any atom is 0.194 e. The predicted octanol–water partition coefficient (Wildman–Crippen LogP) is 8.98. The number of allylic oxidation sites excluding steroid dienone is 2. The van der Waals surface area contributed by atoms with Crippen LogP contribution in [0.4, 0.5) is 13.2 Å². The van der Waals surface area contributed by atoms with E-state index in [4.69, 9.17) is 0 Å². The Kier molecular flexibility index (Phi) is 10.2. The van der Waals surface area contributed by atoms with Crippen LogP contribution in [0.1, 0.15) is 102 Å². The van der Waals surface area contributed by atoms with Gasteiger partial charge in [-0.05, 0) is 67.6 Å². The van der Waals surface area contributed by atoms with Gasteiger partial charge in [-0.2, -0.15) is 0 Å². The Labute approximate surface area is 193 Å². The van der Waals surface area contributed by atoms with E-state index in [9.17, 15) is 13.2 Å². The zero-order valence-electron chi connectivity index (χ0n) is 19.7. The smallest absolute Gasteiger partial charge is 0.194 e. The zero-order chi connectivity index (χ0) is 22.8. The van der Waals surface area contributed by atoms with E-state index in [0.29, 0.717) is 5.92 Å². The maximum absolute atomic E-state index is 13.2. The quantitative estimate of drug-likeness (QED) is 0.213. The van der Waals surface area contributed by atoms with Gasteiger partial charge in [0.25, 0.3) is 0 Å². The second-order valence-electron chi connectivity index (χ2n) is 10.1. The van der Waals surface area contributed by atoms with Crippen LogP contribution in [0.2, 0.25) is 0 Å². The third kappa shape index (κ3) is 8.02. The number of halogens is 3. The SMILES string of the molecule is CCCCC[C@H]1CC[C@H](CCC2CCC(/C=C/C#Cc3cc(F)c(F)c(F)c3)CC2)CC1. The highest BCUT2D eigenvalue weighted by Gasteiger charge is 2.24. The molecule has 0 heterocycles. The molecule has 0 amide bonds. The number of hydrogen-bond acceptors (Lipinski definition) is 0. The minimum Gasteiger partial charge on any atom is -0.204 e. The summed E-state index contributed by atoms with van der Waals surface area (Å²) in [6.45, 7) is 2.29. The van der Waals surface area contributed by atoms with Crippen LogP contribution in [0.3, 0.4) is 0 Å². The van der Waals surface area contributed by atoms with Crippen molar-refractivity contribution in [2.75, 3.05) is 0 Å². The molecule has 0 saturated heterocycles. The molecule has 0 aromatic heterocycles. The number of rotatable bonds is 8. The summed E-state index contributed by atoms with van der Waals surface area (Å²) in [6, 6.07) is 1.87. The molecule has 32 heavy (non-hydrogen) atoms. The first-order chi connectivity index (χ1) is 15.5. The van der Waals surface area contributed by atoms with Crippen LogP contribution < -0.4 is 0 Å². The summed E-state index contributed by atoms with van der Waals surface area (Å²) in [5.41, 5.74) is 0.157. The summed E-state index contributed by atoms with van der Waals surface area (Å²) in [5, 5.41) is 0. The fraction of sp³-hybridized carbons (Fsp3) is 0.655. The van der Waals surface area contributed by atoms with E-state index in [0.717, 1.165) is 29.9 Å². The topological polar surface area (TPSA) is 0 Å². The number of unbranched alkanes of at least 4 members (excludes halogenated alkanes) is 2. The molecule has 0 atom stereocenters. The fourth-order valence-corrected chi connectivity index (χ4v) is 5.57. The van der Waals surface area contributed by atoms with Crippen molar-refractivity contribution < 1.29 is 13.2 Å². The first-order valence-electron chi connectivity index (χ1n) is 12.9. The van der Waals surface area contributed by atoms with Crippen LogP contribution in [0.5, 0.6) is 0 Å². The highest BCUT2D eigenvalue weighted by Crippen LogP contribution is 2.38. The van der Waals surface area contributed by atoms with Crippen molar-refractivity contribution in [2.45, 2.75) is 96.8 Å². The van der Waals surface area contributed by atoms with E-state index in [1.165, 1.54) is 89.9 Å². The molecule has 0 unspecified atom stereocenters. The molecular formula is C29H39F3. The second kappa shape index (κ2) is 13.1. The van der Waals surface area contributed by atoms with Crippen molar-refractivity contribution in [3.63, 3.8) is 0 Å². The van der Waals surface area contributed by atoms with Crippen molar-refractivity contribution in [1.82, 2.24) is 0 Å². The van der Waals surface area contributed by atoms with Gasteiger partial charge in [-0.15, -0.1) is 0 Å². The Morgan fingerprint density at radius 1 is 0.781 bits per heavy atom. The molecule has 0 bridgehead atoms. The Balaban J connectivity index is 1.31. The molecule has 1 aromatic carbocycles. The van der Waals surface area contributed by atoms with Crippen LogP contribution in [-0.4, -0.2) is 0 Å². The van der Waals surface area contributed by atoms with Crippen molar-refractivity contribution in [1.29, 1.82) is 0 Å². The Hall–Kier alpha value is -1.69. The van der Waals surface area contributed by atoms with Crippen molar-refractivity contribution >= 4 is 0 Å². The van der Waals surface area contributed by atoms with E-state index < -0.39 is 17.5 Å². The standard InChI is InChI=1S/C29H39F3/c1-2-3-4-7-22-10-14-24(15-11-22)18-19-25-16-12-23(13-17-25)8-5-6-9-26-20-27(30)29(32)28(31)21-26/h5,8,20-25H,2-4,7,10-19H2,1H3/b8-5+/t22-,23?,24-,25?. The molecule has 2 aliphatic rings. The molecule has 2 saturated carbocycles. The first kappa shape index (κ1) is 24.9. The molecule has 3 rings (SSSR count). The lowest BCUT2D eigenvalue weighted by Crippen LogP contribution is -2.17. The van der Waals surface area contributed by atoms with Crippen molar-refractivity contribution in [3.8, 4) is 11.8 Å². The highest BCUT2D eigenvalue weighted by atomic mass is 19.2. The molecule has 0 radical (unpaired) electrons. The minimum absolute atomic E-state index is 0.157. The van der Waals surface area contributed by atoms with Crippen LogP contribution in [0, 0.1) is 53.0 Å². The van der Waals surface area contributed by atoms with Crippen LogP contribution in [-0.2, 0) is 0 Å². The van der Waals surface area contributed by atoms with E-state index in [1.54, 1.807) is 6.08 Å². The summed E-state index contributed by atoms with van der Waals surface area (Å²) >= 11 is 0. The third-order valence-corrected chi connectivity index (χ3v) is 7.71. The molecule has 176 valence electrons. The van der Waals surface area contributed by atoms with Gasteiger partial charge >= 0.3 is 0 Å².